The molecule has 0 aliphatic carbocycles. The summed E-state index contributed by atoms with van der Waals surface area (Å²) in [7, 11) is 0. The van der Waals surface area contributed by atoms with Gasteiger partial charge in [0.15, 0.2) is 0 Å². The summed E-state index contributed by atoms with van der Waals surface area (Å²) in [6.45, 7) is 6.52. The number of aromatic nitrogens is 1. The number of anilines is 1. The average molecular weight is 299 g/mol. The fourth-order valence-electron chi connectivity index (χ4n) is 2.96. The van der Waals surface area contributed by atoms with E-state index >= 15 is 0 Å². The summed E-state index contributed by atoms with van der Waals surface area (Å²) >= 11 is 0. The molecule has 2 heterocycles. The van der Waals surface area contributed by atoms with Gasteiger partial charge >= 0.3 is 0 Å². The number of H-pyrrole nitrogens is 1. The van der Waals surface area contributed by atoms with Crippen LogP contribution in [0.15, 0.2) is 18.2 Å². The van der Waals surface area contributed by atoms with Crippen molar-refractivity contribution in [1.29, 1.82) is 0 Å². The van der Waals surface area contributed by atoms with Gasteiger partial charge in [0.25, 0.3) is 5.91 Å². The lowest BCUT2D eigenvalue weighted by atomic mass is 10.1. The van der Waals surface area contributed by atoms with Crippen LogP contribution in [-0.4, -0.2) is 29.4 Å². The molecule has 2 amide bonds. The molecule has 1 aromatic heterocycles. The van der Waals surface area contributed by atoms with Crippen LogP contribution in [0.3, 0.4) is 0 Å². The first-order chi connectivity index (χ1) is 10.5. The molecule has 0 saturated carbocycles. The minimum absolute atomic E-state index is 0.0442. The zero-order valence-electron chi connectivity index (χ0n) is 13.2. The number of nitrogens with one attached hydrogen (secondary N) is 2. The lowest BCUT2D eigenvalue weighted by molar-refractivity contribution is -0.117. The highest BCUT2D eigenvalue weighted by Crippen LogP contribution is 2.34. The van der Waals surface area contributed by atoms with Crippen LogP contribution in [0.5, 0.6) is 0 Å². The Labute approximate surface area is 129 Å². The molecule has 1 aliphatic rings. The van der Waals surface area contributed by atoms with Gasteiger partial charge in [0.1, 0.15) is 5.69 Å². The molecule has 5 heteroatoms. The zero-order chi connectivity index (χ0) is 15.9. The summed E-state index contributed by atoms with van der Waals surface area (Å²) in [5, 5.41) is 3.84. The van der Waals surface area contributed by atoms with Gasteiger partial charge in [-0.2, -0.15) is 0 Å². The van der Waals surface area contributed by atoms with Gasteiger partial charge in [0.2, 0.25) is 5.91 Å². The highest BCUT2D eigenvalue weighted by molar-refractivity contribution is 6.13. The topological polar surface area (TPSA) is 65.2 Å². The summed E-state index contributed by atoms with van der Waals surface area (Å²) in [5.74, 6) is -0.0837. The first-order valence-electron chi connectivity index (χ1n) is 7.71. The van der Waals surface area contributed by atoms with Gasteiger partial charge in [-0.25, -0.2) is 0 Å². The second-order valence-electron chi connectivity index (χ2n) is 6.17. The molecule has 22 heavy (non-hydrogen) atoms. The molecule has 3 rings (SSSR count). The molecule has 0 radical (unpaired) electrons. The second kappa shape index (κ2) is 5.48. The number of carbonyl (C=O) groups excluding carboxylic acids is 2. The summed E-state index contributed by atoms with van der Waals surface area (Å²) in [6, 6.07) is 6.03. The zero-order valence-corrected chi connectivity index (χ0v) is 13.2. The number of aromatic amines is 1. The van der Waals surface area contributed by atoms with Gasteiger partial charge < -0.3 is 15.2 Å². The molecule has 0 bridgehead atoms. The van der Waals surface area contributed by atoms with E-state index in [2.05, 4.69) is 10.3 Å². The molecule has 2 aromatic rings. The van der Waals surface area contributed by atoms with Crippen molar-refractivity contribution in [3.63, 3.8) is 0 Å². The summed E-state index contributed by atoms with van der Waals surface area (Å²) < 4.78 is 0. The summed E-state index contributed by atoms with van der Waals surface area (Å²) in [4.78, 5) is 29.6. The van der Waals surface area contributed by atoms with E-state index in [0.29, 0.717) is 18.7 Å². The summed E-state index contributed by atoms with van der Waals surface area (Å²) in [6.07, 6.45) is 1.38. The number of carbonyl (C=O) groups is 2. The largest absolute Gasteiger partial charge is 0.349 e. The molecule has 0 spiro atoms. The van der Waals surface area contributed by atoms with E-state index in [4.69, 9.17) is 0 Å². The SMILES string of the molecule is Cc1ccc2[nH]c(C(=O)NC(C)C)c(N3CCCC3=O)c2c1. The maximum absolute atomic E-state index is 12.5. The molecular formula is C17H21N3O2. The van der Waals surface area contributed by atoms with E-state index in [1.807, 2.05) is 39.0 Å². The van der Waals surface area contributed by atoms with Crippen LogP contribution in [0.1, 0.15) is 42.7 Å². The number of rotatable bonds is 3. The lowest BCUT2D eigenvalue weighted by Crippen LogP contribution is -2.33. The van der Waals surface area contributed by atoms with Crippen LogP contribution < -0.4 is 10.2 Å². The molecular weight excluding hydrogens is 278 g/mol. The number of amides is 2. The Morgan fingerprint density at radius 3 is 2.77 bits per heavy atom. The van der Waals surface area contributed by atoms with E-state index in [1.165, 1.54) is 0 Å². The Hall–Kier alpha value is -2.30. The third-order valence-corrected chi connectivity index (χ3v) is 3.92. The minimum atomic E-state index is -0.168. The van der Waals surface area contributed by atoms with E-state index in [-0.39, 0.29) is 17.9 Å². The highest BCUT2D eigenvalue weighted by atomic mass is 16.2. The molecule has 0 atom stereocenters. The van der Waals surface area contributed by atoms with Gasteiger partial charge in [0.05, 0.1) is 5.69 Å². The van der Waals surface area contributed by atoms with Crippen molar-refractivity contribution in [2.75, 3.05) is 11.4 Å². The number of nitrogens with zero attached hydrogens (tertiary/aromatic N) is 1. The standard InChI is InChI=1S/C17H21N3O2/c1-10(2)18-17(22)15-16(20-8-4-5-14(20)21)12-9-11(3)6-7-13(12)19-15/h6-7,9-10,19H,4-5,8H2,1-3H3,(H,18,22). The third kappa shape index (κ3) is 2.47. The average Bonchev–Trinajstić information content (AvgIpc) is 3.00. The van der Waals surface area contributed by atoms with Crippen molar-refractivity contribution in [3.8, 4) is 0 Å². The second-order valence-corrected chi connectivity index (χ2v) is 6.17. The van der Waals surface area contributed by atoms with Crippen LogP contribution in [-0.2, 0) is 4.79 Å². The summed E-state index contributed by atoms with van der Waals surface area (Å²) in [5.41, 5.74) is 3.19. The maximum Gasteiger partial charge on any atom is 0.270 e. The predicted molar refractivity (Wildman–Crippen MR) is 87.2 cm³/mol. The Bertz CT molecular complexity index is 746. The first-order valence-corrected chi connectivity index (χ1v) is 7.71. The highest BCUT2D eigenvalue weighted by Gasteiger charge is 2.29. The van der Waals surface area contributed by atoms with E-state index in [0.717, 1.165) is 28.6 Å². The monoisotopic (exact) mass is 299 g/mol. The first kappa shape index (κ1) is 14.6. The van der Waals surface area contributed by atoms with Gasteiger partial charge in [0, 0.05) is 29.9 Å². The van der Waals surface area contributed by atoms with Crippen molar-refractivity contribution in [1.82, 2.24) is 10.3 Å². The number of benzene rings is 1. The Morgan fingerprint density at radius 1 is 1.36 bits per heavy atom. The van der Waals surface area contributed by atoms with Gasteiger partial charge in [-0.3, -0.25) is 9.59 Å². The maximum atomic E-state index is 12.5. The fourth-order valence-corrected chi connectivity index (χ4v) is 2.96. The molecule has 2 N–H and O–H groups in total. The van der Waals surface area contributed by atoms with Crippen LogP contribution in [0.2, 0.25) is 0 Å². The van der Waals surface area contributed by atoms with Crippen molar-refractivity contribution in [2.45, 2.75) is 39.7 Å². The van der Waals surface area contributed by atoms with Crippen LogP contribution in [0, 0.1) is 6.92 Å². The Morgan fingerprint density at radius 2 is 2.14 bits per heavy atom. The molecule has 1 fully saturated rings. The van der Waals surface area contributed by atoms with Gasteiger partial charge in [-0.1, -0.05) is 11.6 Å². The minimum Gasteiger partial charge on any atom is -0.349 e. The van der Waals surface area contributed by atoms with Gasteiger partial charge in [-0.15, -0.1) is 0 Å². The number of fused-ring (bicyclic) bond motifs is 1. The van der Waals surface area contributed by atoms with Crippen LogP contribution in [0.25, 0.3) is 10.9 Å². The van der Waals surface area contributed by atoms with E-state index < -0.39 is 0 Å². The predicted octanol–water partition coefficient (Wildman–Crippen LogP) is 2.74. The van der Waals surface area contributed by atoms with Crippen LogP contribution in [0.4, 0.5) is 5.69 Å². The quantitative estimate of drug-likeness (QED) is 0.915. The van der Waals surface area contributed by atoms with Crippen molar-refractivity contribution in [2.24, 2.45) is 0 Å². The number of hydrogen-bond donors (Lipinski definition) is 2. The number of hydrogen-bond acceptors (Lipinski definition) is 2. The normalized spacial score (nSPS) is 15.1. The van der Waals surface area contributed by atoms with Crippen molar-refractivity contribution >= 4 is 28.4 Å². The number of aryl methyl sites for hydroxylation is 1. The Kier molecular flexibility index (Phi) is 3.64. The lowest BCUT2D eigenvalue weighted by Gasteiger charge is -2.17. The molecule has 1 aromatic carbocycles. The molecule has 1 saturated heterocycles. The Balaban J connectivity index is 2.17. The van der Waals surface area contributed by atoms with Crippen molar-refractivity contribution < 1.29 is 9.59 Å². The van der Waals surface area contributed by atoms with E-state index in [1.54, 1.807) is 4.90 Å². The third-order valence-electron chi connectivity index (χ3n) is 3.92. The fraction of sp³-hybridized carbons (Fsp3) is 0.412. The molecule has 116 valence electrons. The molecule has 1 aliphatic heterocycles. The van der Waals surface area contributed by atoms with Gasteiger partial charge in [-0.05, 0) is 39.3 Å². The molecule has 5 nitrogen and oxygen atoms in total. The smallest absolute Gasteiger partial charge is 0.270 e. The van der Waals surface area contributed by atoms with Crippen molar-refractivity contribution in [3.05, 3.63) is 29.5 Å². The van der Waals surface area contributed by atoms with E-state index in [9.17, 15) is 9.59 Å². The van der Waals surface area contributed by atoms with Crippen LogP contribution >= 0.6 is 0 Å². The molecule has 0 unspecified atom stereocenters.